The predicted molar refractivity (Wildman–Crippen MR) is 97.6 cm³/mol. The predicted octanol–water partition coefficient (Wildman–Crippen LogP) is 2.39. The number of hydrogen-bond acceptors (Lipinski definition) is 5. The summed E-state index contributed by atoms with van der Waals surface area (Å²) in [5.41, 5.74) is 2.19. The van der Waals surface area contributed by atoms with Crippen molar-refractivity contribution in [2.75, 3.05) is 13.1 Å². The molecular weight excluding hydrogens is 347 g/mol. The molecule has 0 bridgehead atoms. The van der Waals surface area contributed by atoms with E-state index < -0.39 is 11.9 Å². The Balaban J connectivity index is 1.50. The zero-order chi connectivity index (χ0) is 18.8. The van der Waals surface area contributed by atoms with Crippen LogP contribution in [-0.4, -0.2) is 40.0 Å². The van der Waals surface area contributed by atoms with E-state index in [0.29, 0.717) is 12.4 Å². The molecule has 1 amide bonds. The lowest BCUT2D eigenvalue weighted by Gasteiger charge is -2.27. The maximum Gasteiger partial charge on any atom is 0.263 e. The third-order valence-electron chi connectivity index (χ3n) is 5.15. The van der Waals surface area contributed by atoms with E-state index in [1.807, 2.05) is 6.20 Å². The minimum absolute atomic E-state index is 0.0895. The van der Waals surface area contributed by atoms with E-state index >= 15 is 0 Å². The summed E-state index contributed by atoms with van der Waals surface area (Å²) in [6.45, 7) is 3.99. The number of para-hydroxylation sites is 1. The Labute approximate surface area is 157 Å². The molecule has 0 aliphatic carbocycles. The van der Waals surface area contributed by atoms with Crippen LogP contribution in [0, 0.1) is 5.82 Å². The minimum Gasteiger partial charge on any atom is -0.478 e. The number of carbonyl (C=O) groups excluding carboxylic acids is 1. The molecule has 2 unspecified atom stereocenters. The van der Waals surface area contributed by atoms with E-state index in [0.717, 1.165) is 43.6 Å². The number of hydrogen-bond donors (Lipinski definition) is 1. The van der Waals surface area contributed by atoms with Gasteiger partial charge in [0.2, 0.25) is 0 Å². The Morgan fingerprint density at radius 1 is 1.41 bits per heavy atom. The summed E-state index contributed by atoms with van der Waals surface area (Å²) in [4.78, 5) is 24.0. The van der Waals surface area contributed by atoms with Gasteiger partial charge in [-0.15, -0.1) is 0 Å². The number of halogens is 1. The number of likely N-dealkylation sites (tertiary alicyclic amines) is 1. The van der Waals surface area contributed by atoms with E-state index in [1.165, 1.54) is 12.1 Å². The molecule has 1 saturated heterocycles. The Morgan fingerprint density at radius 3 is 3.11 bits per heavy atom. The zero-order valence-electron chi connectivity index (χ0n) is 15.3. The fourth-order valence-electron chi connectivity index (χ4n) is 3.73. The van der Waals surface area contributed by atoms with Crippen LogP contribution in [0.5, 0.6) is 5.75 Å². The van der Waals surface area contributed by atoms with Gasteiger partial charge in [-0.2, -0.15) is 0 Å². The van der Waals surface area contributed by atoms with Crippen LogP contribution in [0.2, 0.25) is 0 Å². The number of nitrogens with zero attached hydrogens (tertiary/aromatic N) is 3. The highest BCUT2D eigenvalue weighted by Gasteiger charge is 2.35. The Morgan fingerprint density at radius 2 is 2.26 bits per heavy atom. The topological polar surface area (TPSA) is 67.3 Å². The second-order valence-corrected chi connectivity index (χ2v) is 7.01. The van der Waals surface area contributed by atoms with Gasteiger partial charge in [0.15, 0.2) is 23.5 Å². The molecule has 142 valence electrons. The van der Waals surface area contributed by atoms with Crippen LogP contribution in [-0.2, 0) is 17.8 Å². The van der Waals surface area contributed by atoms with Crippen molar-refractivity contribution >= 4 is 5.91 Å². The average molecular weight is 370 g/mol. The molecule has 3 heterocycles. The summed E-state index contributed by atoms with van der Waals surface area (Å²) in [7, 11) is 0. The molecule has 0 saturated carbocycles. The summed E-state index contributed by atoms with van der Waals surface area (Å²) < 4.78 is 19.4. The van der Waals surface area contributed by atoms with Crippen molar-refractivity contribution in [1.29, 1.82) is 0 Å². The summed E-state index contributed by atoms with van der Waals surface area (Å²) in [6.07, 6.45) is 3.69. The number of benzene rings is 1. The molecule has 0 spiro atoms. The van der Waals surface area contributed by atoms with Gasteiger partial charge >= 0.3 is 0 Å². The number of amides is 1. The first-order valence-corrected chi connectivity index (χ1v) is 9.40. The quantitative estimate of drug-likeness (QED) is 0.895. The van der Waals surface area contributed by atoms with Crippen LogP contribution in [0.25, 0.3) is 0 Å². The van der Waals surface area contributed by atoms with Gasteiger partial charge in [0.25, 0.3) is 5.91 Å². The van der Waals surface area contributed by atoms with Gasteiger partial charge in [-0.25, -0.2) is 14.4 Å². The number of fused-ring (bicyclic) bond motifs is 1. The van der Waals surface area contributed by atoms with Gasteiger partial charge in [-0.1, -0.05) is 12.1 Å². The molecule has 7 heteroatoms. The van der Waals surface area contributed by atoms with Crippen LogP contribution >= 0.6 is 0 Å². The molecule has 4 rings (SSSR count). The van der Waals surface area contributed by atoms with Crippen molar-refractivity contribution in [3.8, 4) is 5.75 Å². The number of rotatable bonds is 4. The number of ether oxygens (including phenoxy) is 1. The van der Waals surface area contributed by atoms with Crippen LogP contribution in [0.3, 0.4) is 0 Å². The average Bonchev–Trinajstić information content (AvgIpc) is 3.18. The summed E-state index contributed by atoms with van der Waals surface area (Å²) in [5.74, 6) is 0.150. The van der Waals surface area contributed by atoms with Gasteiger partial charge in [0, 0.05) is 43.5 Å². The SMILES string of the molecule is CC(Oc1ccccc1F)C(=O)N1CCCC1c1ncc2c(n1)CCNC2. The van der Waals surface area contributed by atoms with E-state index in [2.05, 4.69) is 10.3 Å². The number of nitrogens with one attached hydrogen (secondary N) is 1. The standard InChI is InChI=1S/C20H23FN4O2/c1-13(27-18-7-3-2-5-15(18)21)20(26)25-10-4-6-17(25)19-23-12-14-11-22-9-8-16(14)24-19/h2-3,5,7,12-13,17,22H,4,6,8-11H2,1H3. The summed E-state index contributed by atoms with van der Waals surface area (Å²) in [5, 5.41) is 3.31. The van der Waals surface area contributed by atoms with Crippen LogP contribution < -0.4 is 10.1 Å². The molecule has 2 aromatic rings. The highest BCUT2D eigenvalue weighted by Crippen LogP contribution is 2.31. The Bertz CT molecular complexity index is 844. The normalized spacial score (nSPS) is 20.2. The number of aromatic nitrogens is 2. The monoisotopic (exact) mass is 370 g/mol. The molecule has 2 atom stereocenters. The fraction of sp³-hybridized carbons (Fsp3) is 0.450. The first kappa shape index (κ1) is 17.9. The molecule has 2 aliphatic rings. The van der Waals surface area contributed by atoms with Gasteiger partial charge in [-0.3, -0.25) is 4.79 Å². The van der Waals surface area contributed by atoms with E-state index in [1.54, 1.807) is 24.0 Å². The Kier molecular flexibility index (Phi) is 5.03. The van der Waals surface area contributed by atoms with E-state index in [-0.39, 0.29) is 17.7 Å². The van der Waals surface area contributed by atoms with Crippen molar-refractivity contribution in [3.63, 3.8) is 0 Å². The van der Waals surface area contributed by atoms with Gasteiger partial charge < -0.3 is 15.0 Å². The lowest BCUT2D eigenvalue weighted by Crippen LogP contribution is -2.40. The molecule has 1 N–H and O–H groups in total. The molecule has 6 nitrogen and oxygen atoms in total. The van der Waals surface area contributed by atoms with Crippen LogP contribution in [0.15, 0.2) is 30.5 Å². The van der Waals surface area contributed by atoms with Crippen molar-refractivity contribution in [3.05, 3.63) is 53.4 Å². The first-order chi connectivity index (χ1) is 13.1. The molecule has 27 heavy (non-hydrogen) atoms. The summed E-state index contributed by atoms with van der Waals surface area (Å²) >= 11 is 0. The lowest BCUT2D eigenvalue weighted by molar-refractivity contribution is -0.139. The number of carbonyl (C=O) groups is 1. The smallest absolute Gasteiger partial charge is 0.263 e. The molecule has 1 aromatic heterocycles. The van der Waals surface area contributed by atoms with Crippen LogP contribution in [0.1, 0.15) is 42.9 Å². The van der Waals surface area contributed by atoms with Gasteiger partial charge in [-0.05, 0) is 31.9 Å². The van der Waals surface area contributed by atoms with Crippen LogP contribution in [0.4, 0.5) is 4.39 Å². The molecular formula is C20H23FN4O2. The van der Waals surface area contributed by atoms with Crippen molar-refractivity contribution in [2.45, 2.75) is 44.9 Å². The second-order valence-electron chi connectivity index (χ2n) is 7.01. The molecule has 0 radical (unpaired) electrons. The molecule has 1 fully saturated rings. The fourth-order valence-corrected chi connectivity index (χ4v) is 3.73. The first-order valence-electron chi connectivity index (χ1n) is 9.40. The van der Waals surface area contributed by atoms with Crippen molar-refractivity contribution in [1.82, 2.24) is 20.2 Å². The minimum atomic E-state index is -0.774. The van der Waals surface area contributed by atoms with Gasteiger partial charge in [0.1, 0.15) is 0 Å². The van der Waals surface area contributed by atoms with Gasteiger partial charge in [0.05, 0.1) is 6.04 Å². The van der Waals surface area contributed by atoms with Crippen molar-refractivity contribution < 1.29 is 13.9 Å². The van der Waals surface area contributed by atoms with Crippen molar-refractivity contribution in [2.24, 2.45) is 0 Å². The van der Waals surface area contributed by atoms with E-state index in [4.69, 9.17) is 9.72 Å². The Hall–Kier alpha value is -2.54. The molecule has 2 aliphatic heterocycles. The third kappa shape index (κ3) is 3.64. The lowest BCUT2D eigenvalue weighted by atomic mass is 10.1. The highest BCUT2D eigenvalue weighted by molar-refractivity contribution is 5.81. The third-order valence-corrected chi connectivity index (χ3v) is 5.15. The largest absolute Gasteiger partial charge is 0.478 e. The maximum atomic E-state index is 13.8. The zero-order valence-corrected chi connectivity index (χ0v) is 15.3. The van der Waals surface area contributed by atoms with E-state index in [9.17, 15) is 9.18 Å². The molecule has 1 aromatic carbocycles. The summed E-state index contributed by atoms with van der Waals surface area (Å²) in [6, 6.07) is 5.98. The second kappa shape index (κ2) is 7.60. The maximum absolute atomic E-state index is 13.8. The highest BCUT2D eigenvalue weighted by atomic mass is 19.1.